The molecule has 0 heterocycles. The van der Waals surface area contributed by atoms with E-state index in [1.807, 2.05) is 0 Å². The van der Waals surface area contributed by atoms with E-state index in [2.05, 4.69) is 26.1 Å². The van der Waals surface area contributed by atoms with Crippen LogP contribution in [0.15, 0.2) is 18.2 Å². The summed E-state index contributed by atoms with van der Waals surface area (Å²) >= 11 is 0. The maximum Gasteiger partial charge on any atom is 0.227 e. The molecule has 0 bridgehead atoms. The van der Waals surface area contributed by atoms with Gasteiger partial charge in [-0.3, -0.25) is 4.79 Å². The van der Waals surface area contributed by atoms with E-state index in [4.69, 9.17) is 11.5 Å². The van der Waals surface area contributed by atoms with Gasteiger partial charge in [0, 0.05) is 23.0 Å². The monoisotopic (exact) mass is 289 g/mol. The predicted molar refractivity (Wildman–Crippen MR) is 88.8 cm³/mol. The van der Waals surface area contributed by atoms with E-state index in [1.165, 1.54) is 0 Å². The minimum atomic E-state index is 0.0901. The van der Waals surface area contributed by atoms with E-state index in [0.717, 1.165) is 25.7 Å². The molecule has 1 aliphatic carbocycles. The minimum Gasteiger partial charge on any atom is -0.399 e. The van der Waals surface area contributed by atoms with Crippen molar-refractivity contribution < 1.29 is 4.79 Å². The summed E-state index contributed by atoms with van der Waals surface area (Å²) < 4.78 is 0. The summed E-state index contributed by atoms with van der Waals surface area (Å²) in [7, 11) is 0. The second-order valence-electron chi connectivity index (χ2n) is 7.29. The van der Waals surface area contributed by atoms with Gasteiger partial charge < -0.3 is 16.8 Å². The van der Waals surface area contributed by atoms with E-state index in [9.17, 15) is 4.79 Å². The van der Waals surface area contributed by atoms with Gasteiger partial charge in [-0.1, -0.05) is 20.8 Å². The van der Waals surface area contributed by atoms with Crippen LogP contribution in [0, 0.1) is 17.3 Å². The number of hydrogen-bond donors (Lipinski definition) is 3. The number of benzene rings is 1. The summed E-state index contributed by atoms with van der Waals surface area (Å²) in [4.78, 5) is 12.4. The first kappa shape index (κ1) is 15.7. The normalized spacial score (nSPS) is 22.8. The Bertz CT molecular complexity index is 491. The molecule has 4 heteroatoms. The second kappa shape index (κ2) is 5.96. The SMILES string of the molecule is CC(C)(C)[C@H]1CC[C@@H](C(=O)Nc2cc(N)cc(N)c2)CC1. The Morgan fingerprint density at radius 2 is 1.57 bits per heavy atom. The van der Waals surface area contributed by atoms with Crippen LogP contribution in [0.25, 0.3) is 0 Å². The fourth-order valence-electron chi connectivity index (χ4n) is 3.21. The number of rotatable bonds is 2. The van der Waals surface area contributed by atoms with Crippen LogP contribution in [0.4, 0.5) is 17.1 Å². The Morgan fingerprint density at radius 1 is 1.05 bits per heavy atom. The number of nitrogens with two attached hydrogens (primary N) is 2. The van der Waals surface area contributed by atoms with Gasteiger partial charge in [0.2, 0.25) is 5.91 Å². The van der Waals surface area contributed by atoms with Gasteiger partial charge in [-0.15, -0.1) is 0 Å². The van der Waals surface area contributed by atoms with E-state index >= 15 is 0 Å². The van der Waals surface area contributed by atoms with Crippen molar-refractivity contribution in [2.75, 3.05) is 16.8 Å². The Morgan fingerprint density at radius 3 is 2.05 bits per heavy atom. The van der Waals surface area contributed by atoms with Gasteiger partial charge in [0.1, 0.15) is 0 Å². The molecule has 0 aromatic heterocycles. The molecule has 1 aliphatic rings. The molecule has 0 saturated heterocycles. The van der Waals surface area contributed by atoms with Crippen molar-refractivity contribution in [2.24, 2.45) is 17.3 Å². The maximum atomic E-state index is 12.4. The zero-order valence-electron chi connectivity index (χ0n) is 13.3. The van der Waals surface area contributed by atoms with Crippen molar-refractivity contribution in [3.63, 3.8) is 0 Å². The average Bonchev–Trinajstić information content (AvgIpc) is 2.36. The van der Waals surface area contributed by atoms with Crippen molar-refractivity contribution in [1.82, 2.24) is 0 Å². The number of carbonyl (C=O) groups is 1. The lowest BCUT2D eigenvalue weighted by Gasteiger charge is -2.36. The Kier molecular flexibility index (Phi) is 4.45. The summed E-state index contributed by atoms with van der Waals surface area (Å²) in [6.07, 6.45) is 4.18. The lowest BCUT2D eigenvalue weighted by atomic mass is 9.69. The van der Waals surface area contributed by atoms with Gasteiger partial charge in [0.05, 0.1) is 0 Å². The fraction of sp³-hybridized carbons (Fsp3) is 0.588. The summed E-state index contributed by atoms with van der Waals surface area (Å²) in [5, 5.41) is 2.95. The molecule has 21 heavy (non-hydrogen) atoms. The first-order valence-corrected chi connectivity index (χ1v) is 7.72. The third-order valence-electron chi connectivity index (χ3n) is 4.57. The van der Waals surface area contributed by atoms with Crippen LogP contribution >= 0.6 is 0 Å². The molecule has 0 radical (unpaired) electrons. The summed E-state index contributed by atoms with van der Waals surface area (Å²) in [6, 6.07) is 5.17. The van der Waals surface area contributed by atoms with Gasteiger partial charge in [-0.05, 0) is 55.2 Å². The molecule has 5 N–H and O–H groups in total. The number of nitrogens with one attached hydrogen (secondary N) is 1. The molecule has 1 aromatic rings. The lowest BCUT2D eigenvalue weighted by Crippen LogP contribution is -2.31. The first-order chi connectivity index (χ1) is 9.75. The largest absolute Gasteiger partial charge is 0.399 e. The first-order valence-electron chi connectivity index (χ1n) is 7.72. The van der Waals surface area contributed by atoms with Crippen LogP contribution in [0.5, 0.6) is 0 Å². The number of nitrogen functional groups attached to an aromatic ring is 2. The van der Waals surface area contributed by atoms with Crippen LogP contribution in [-0.4, -0.2) is 5.91 Å². The van der Waals surface area contributed by atoms with Crippen molar-refractivity contribution in [3.05, 3.63) is 18.2 Å². The Balaban J connectivity index is 1.93. The van der Waals surface area contributed by atoms with E-state index in [-0.39, 0.29) is 11.8 Å². The van der Waals surface area contributed by atoms with Crippen LogP contribution in [-0.2, 0) is 4.79 Å². The quantitative estimate of drug-likeness (QED) is 0.727. The molecule has 0 aliphatic heterocycles. The highest BCUT2D eigenvalue weighted by Crippen LogP contribution is 2.40. The third-order valence-corrected chi connectivity index (χ3v) is 4.57. The second-order valence-corrected chi connectivity index (χ2v) is 7.29. The van der Waals surface area contributed by atoms with E-state index in [1.54, 1.807) is 18.2 Å². The van der Waals surface area contributed by atoms with Crippen molar-refractivity contribution >= 4 is 23.0 Å². The molecule has 2 rings (SSSR count). The number of amides is 1. The van der Waals surface area contributed by atoms with Crippen molar-refractivity contribution in [2.45, 2.75) is 46.5 Å². The van der Waals surface area contributed by atoms with Gasteiger partial charge >= 0.3 is 0 Å². The topological polar surface area (TPSA) is 81.1 Å². The van der Waals surface area contributed by atoms with E-state index in [0.29, 0.717) is 28.4 Å². The molecule has 0 atom stereocenters. The smallest absolute Gasteiger partial charge is 0.227 e. The molecule has 0 unspecified atom stereocenters. The summed E-state index contributed by atoms with van der Waals surface area (Å²) in [5.41, 5.74) is 13.7. The molecule has 1 aromatic carbocycles. The van der Waals surface area contributed by atoms with Gasteiger partial charge in [0.25, 0.3) is 0 Å². The van der Waals surface area contributed by atoms with Gasteiger partial charge in [-0.2, -0.15) is 0 Å². The number of hydrogen-bond acceptors (Lipinski definition) is 3. The summed E-state index contributed by atoms with van der Waals surface area (Å²) in [6.45, 7) is 6.86. The average molecular weight is 289 g/mol. The van der Waals surface area contributed by atoms with Crippen LogP contribution in [0.1, 0.15) is 46.5 Å². The molecular formula is C17H27N3O. The highest BCUT2D eigenvalue weighted by molar-refractivity contribution is 5.93. The molecule has 116 valence electrons. The highest BCUT2D eigenvalue weighted by atomic mass is 16.1. The van der Waals surface area contributed by atoms with Crippen LogP contribution in [0.3, 0.4) is 0 Å². The van der Waals surface area contributed by atoms with Crippen LogP contribution < -0.4 is 16.8 Å². The molecular weight excluding hydrogens is 262 g/mol. The molecule has 1 amide bonds. The van der Waals surface area contributed by atoms with Crippen molar-refractivity contribution in [3.8, 4) is 0 Å². The summed E-state index contributed by atoms with van der Waals surface area (Å²) in [5.74, 6) is 0.906. The zero-order chi connectivity index (χ0) is 15.6. The predicted octanol–water partition coefficient (Wildman–Crippen LogP) is 3.64. The van der Waals surface area contributed by atoms with Crippen LogP contribution in [0.2, 0.25) is 0 Å². The Labute approximate surface area is 127 Å². The molecule has 0 spiro atoms. The fourth-order valence-corrected chi connectivity index (χ4v) is 3.21. The van der Waals surface area contributed by atoms with Gasteiger partial charge in [0.15, 0.2) is 0 Å². The standard InChI is InChI=1S/C17H27N3O/c1-17(2,3)12-6-4-11(5-7-12)16(21)20-15-9-13(18)8-14(19)10-15/h8-12H,4-7,18-19H2,1-3H3,(H,20,21)/t11-,12+. The molecule has 1 saturated carbocycles. The van der Waals surface area contributed by atoms with Gasteiger partial charge in [-0.25, -0.2) is 0 Å². The number of carbonyl (C=O) groups excluding carboxylic acids is 1. The highest BCUT2D eigenvalue weighted by Gasteiger charge is 2.32. The lowest BCUT2D eigenvalue weighted by molar-refractivity contribution is -0.121. The molecule has 4 nitrogen and oxygen atoms in total. The zero-order valence-corrected chi connectivity index (χ0v) is 13.3. The molecule has 1 fully saturated rings. The minimum absolute atomic E-state index is 0.0901. The van der Waals surface area contributed by atoms with Crippen molar-refractivity contribution in [1.29, 1.82) is 0 Å². The third kappa shape index (κ3) is 4.13. The van der Waals surface area contributed by atoms with E-state index < -0.39 is 0 Å². The Hall–Kier alpha value is -1.71. The number of anilines is 3. The maximum absolute atomic E-state index is 12.4.